The van der Waals surface area contributed by atoms with Gasteiger partial charge < -0.3 is 4.74 Å². The van der Waals surface area contributed by atoms with Gasteiger partial charge in [0.1, 0.15) is 0 Å². The summed E-state index contributed by atoms with van der Waals surface area (Å²) in [5.74, 6) is -0.274. The van der Waals surface area contributed by atoms with Crippen LogP contribution in [0.5, 0.6) is 0 Å². The Morgan fingerprint density at radius 1 is 1.40 bits per heavy atom. The number of carbonyl (C=O) groups is 1. The highest BCUT2D eigenvalue weighted by atomic mass is 16.6. The fourth-order valence-electron chi connectivity index (χ4n) is 2.31. The van der Waals surface area contributed by atoms with Gasteiger partial charge in [-0.1, -0.05) is 19.3 Å². The Balaban J connectivity index is 2.66. The van der Waals surface area contributed by atoms with Gasteiger partial charge in [-0.3, -0.25) is 14.9 Å². The van der Waals surface area contributed by atoms with Crippen molar-refractivity contribution in [3.8, 4) is 0 Å². The van der Waals surface area contributed by atoms with E-state index in [0.717, 1.165) is 32.1 Å². The van der Waals surface area contributed by atoms with E-state index in [1.54, 1.807) is 0 Å². The lowest BCUT2D eigenvalue weighted by Gasteiger charge is -2.33. The Bertz CT molecular complexity index is 246. The van der Waals surface area contributed by atoms with E-state index >= 15 is 0 Å². The van der Waals surface area contributed by atoms with E-state index in [1.807, 2.05) is 0 Å². The van der Waals surface area contributed by atoms with E-state index in [0.29, 0.717) is 6.42 Å². The third-order valence-electron chi connectivity index (χ3n) is 3.20. The van der Waals surface area contributed by atoms with Crippen molar-refractivity contribution in [2.45, 2.75) is 38.5 Å². The molecule has 0 aliphatic heterocycles. The third-order valence-corrected chi connectivity index (χ3v) is 3.20. The van der Waals surface area contributed by atoms with Crippen LogP contribution in [0.15, 0.2) is 0 Å². The molecule has 1 aliphatic rings. The molecule has 0 atom stereocenters. The monoisotopic (exact) mass is 215 g/mol. The number of esters is 1. The zero-order chi connectivity index (χ0) is 11.3. The fraction of sp³-hybridized carbons (Fsp3) is 0.900. The number of hydrogen-bond acceptors (Lipinski definition) is 4. The number of rotatable bonds is 4. The first-order valence-electron chi connectivity index (χ1n) is 5.31. The number of hydrogen-bond donors (Lipinski definition) is 0. The van der Waals surface area contributed by atoms with Crippen LogP contribution in [0.1, 0.15) is 38.5 Å². The average Bonchev–Trinajstić information content (AvgIpc) is 2.26. The van der Waals surface area contributed by atoms with Gasteiger partial charge in [-0.25, -0.2) is 0 Å². The van der Waals surface area contributed by atoms with E-state index in [9.17, 15) is 14.9 Å². The second kappa shape index (κ2) is 5.09. The van der Waals surface area contributed by atoms with E-state index in [-0.39, 0.29) is 17.4 Å². The van der Waals surface area contributed by atoms with Crippen LogP contribution in [0, 0.1) is 15.5 Å². The van der Waals surface area contributed by atoms with Crippen LogP contribution in [-0.2, 0) is 9.53 Å². The second-order valence-electron chi connectivity index (χ2n) is 4.14. The summed E-state index contributed by atoms with van der Waals surface area (Å²) in [5.41, 5.74) is -0.583. The highest BCUT2D eigenvalue weighted by molar-refractivity contribution is 5.76. The summed E-state index contributed by atoms with van der Waals surface area (Å²) in [5, 5.41) is 10.3. The Morgan fingerprint density at radius 3 is 2.47 bits per heavy atom. The number of carbonyl (C=O) groups excluding carboxylic acids is 1. The minimum Gasteiger partial charge on any atom is -0.469 e. The van der Waals surface area contributed by atoms with Gasteiger partial charge in [-0.2, -0.15) is 0 Å². The van der Waals surface area contributed by atoms with Gasteiger partial charge in [0.25, 0.3) is 0 Å². The molecule has 0 spiro atoms. The van der Waals surface area contributed by atoms with Crippen molar-refractivity contribution in [1.29, 1.82) is 0 Å². The first kappa shape index (κ1) is 11.9. The van der Waals surface area contributed by atoms with Crippen LogP contribution < -0.4 is 0 Å². The minimum absolute atomic E-state index is 0.144. The second-order valence-corrected chi connectivity index (χ2v) is 4.14. The molecule has 5 heteroatoms. The molecule has 0 radical (unpaired) electrons. The molecule has 0 aromatic heterocycles. The first-order chi connectivity index (χ1) is 7.10. The summed E-state index contributed by atoms with van der Waals surface area (Å²) in [6, 6.07) is 0. The molecule has 15 heavy (non-hydrogen) atoms. The molecule has 86 valence electrons. The maximum absolute atomic E-state index is 11.7. The molecule has 1 aliphatic carbocycles. The normalized spacial score (nSPS) is 19.5. The quantitative estimate of drug-likeness (QED) is 0.407. The van der Waals surface area contributed by atoms with Gasteiger partial charge in [-0.05, 0) is 12.8 Å². The van der Waals surface area contributed by atoms with E-state index in [4.69, 9.17) is 4.74 Å². The van der Waals surface area contributed by atoms with Crippen molar-refractivity contribution in [1.82, 2.24) is 0 Å². The highest BCUT2D eigenvalue weighted by Crippen LogP contribution is 2.40. The smallest absolute Gasteiger partial charge is 0.312 e. The zero-order valence-electron chi connectivity index (χ0n) is 9.03. The Hall–Kier alpha value is -1.13. The van der Waals surface area contributed by atoms with Crippen LogP contribution >= 0.6 is 0 Å². The number of nitro groups is 1. The molecule has 1 fully saturated rings. The average molecular weight is 215 g/mol. The van der Waals surface area contributed by atoms with Crippen LogP contribution in [0.4, 0.5) is 0 Å². The molecule has 0 heterocycles. The molecule has 0 aromatic rings. The maximum Gasteiger partial charge on any atom is 0.312 e. The molecular weight excluding hydrogens is 198 g/mol. The van der Waals surface area contributed by atoms with E-state index in [1.165, 1.54) is 7.11 Å². The molecule has 0 N–H and O–H groups in total. The summed E-state index contributed by atoms with van der Waals surface area (Å²) in [7, 11) is 1.35. The number of nitrogens with zero attached hydrogens (tertiary/aromatic N) is 1. The van der Waals surface area contributed by atoms with Crippen molar-refractivity contribution >= 4 is 5.97 Å². The van der Waals surface area contributed by atoms with Crippen molar-refractivity contribution < 1.29 is 14.5 Å². The summed E-state index contributed by atoms with van der Waals surface area (Å²) in [4.78, 5) is 21.6. The standard InChI is InChI=1S/C10H17NO4/c1-15-9(12)10(7-8-11(13)14)5-3-2-4-6-10/h2-8H2,1H3. The van der Waals surface area contributed by atoms with Gasteiger partial charge >= 0.3 is 5.97 Å². The van der Waals surface area contributed by atoms with Crippen LogP contribution in [0.3, 0.4) is 0 Å². The molecule has 0 saturated heterocycles. The Morgan fingerprint density at radius 2 is 2.00 bits per heavy atom. The molecule has 1 rings (SSSR count). The zero-order valence-corrected chi connectivity index (χ0v) is 9.03. The summed E-state index contributed by atoms with van der Waals surface area (Å²) < 4.78 is 4.76. The first-order valence-corrected chi connectivity index (χ1v) is 5.31. The van der Waals surface area contributed by atoms with Gasteiger partial charge in [0.15, 0.2) is 0 Å². The third kappa shape index (κ3) is 2.91. The van der Waals surface area contributed by atoms with Crippen LogP contribution in [-0.4, -0.2) is 24.5 Å². The molecule has 0 amide bonds. The number of ether oxygens (including phenoxy) is 1. The minimum atomic E-state index is -0.583. The molecule has 0 unspecified atom stereocenters. The fourth-order valence-corrected chi connectivity index (χ4v) is 2.31. The van der Waals surface area contributed by atoms with Crippen LogP contribution in [0.2, 0.25) is 0 Å². The SMILES string of the molecule is COC(=O)C1(CC[N+](=O)[O-])CCCCC1. The molecule has 5 nitrogen and oxygen atoms in total. The summed E-state index contributed by atoms with van der Waals surface area (Å²) >= 11 is 0. The largest absolute Gasteiger partial charge is 0.469 e. The Kier molecular flexibility index (Phi) is 4.05. The van der Waals surface area contributed by atoms with Gasteiger partial charge in [0.05, 0.1) is 12.5 Å². The van der Waals surface area contributed by atoms with Crippen molar-refractivity contribution in [3.63, 3.8) is 0 Å². The molecule has 0 bridgehead atoms. The summed E-state index contributed by atoms with van der Waals surface area (Å²) in [6.45, 7) is -0.144. The van der Waals surface area contributed by atoms with Crippen molar-refractivity contribution in [2.24, 2.45) is 5.41 Å². The van der Waals surface area contributed by atoms with E-state index in [2.05, 4.69) is 0 Å². The maximum atomic E-state index is 11.7. The highest BCUT2D eigenvalue weighted by Gasteiger charge is 2.41. The molecule has 1 saturated carbocycles. The van der Waals surface area contributed by atoms with Crippen LogP contribution in [0.25, 0.3) is 0 Å². The van der Waals surface area contributed by atoms with Gasteiger partial charge in [-0.15, -0.1) is 0 Å². The predicted molar refractivity (Wildman–Crippen MR) is 54.0 cm³/mol. The lowest BCUT2D eigenvalue weighted by molar-refractivity contribution is -0.482. The van der Waals surface area contributed by atoms with Crippen molar-refractivity contribution in [2.75, 3.05) is 13.7 Å². The van der Waals surface area contributed by atoms with Gasteiger partial charge in [0, 0.05) is 11.3 Å². The summed E-state index contributed by atoms with van der Waals surface area (Å²) in [6.07, 6.45) is 4.81. The molecular formula is C10H17NO4. The lowest BCUT2D eigenvalue weighted by atomic mass is 9.72. The van der Waals surface area contributed by atoms with Gasteiger partial charge in [0.2, 0.25) is 6.54 Å². The topological polar surface area (TPSA) is 69.4 Å². The van der Waals surface area contributed by atoms with E-state index < -0.39 is 5.41 Å². The molecule has 0 aromatic carbocycles. The predicted octanol–water partition coefficient (Wildman–Crippen LogP) is 1.78. The van der Waals surface area contributed by atoms with Crippen molar-refractivity contribution in [3.05, 3.63) is 10.1 Å². The lowest BCUT2D eigenvalue weighted by Crippen LogP contribution is -2.36. The number of methoxy groups -OCH3 is 1. The Labute approximate surface area is 88.9 Å².